The van der Waals surface area contributed by atoms with Gasteiger partial charge in [0.25, 0.3) is 0 Å². The zero-order valence-corrected chi connectivity index (χ0v) is 9.40. The van der Waals surface area contributed by atoms with Crippen LogP contribution in [0.3, 0.4) is 0 Å². The zero-order valence-electron chi connectivity index (χ0n) is 8.59. The summed E-state index contributed by atoms with van der Waals surface area (Å²) in [6.45, 7) is 0.213. The summed E-state index contributed by atoms with van der Waals surface area (Å²) in [4.78, 5) is 24.1. The van der Waals surface area contributed by atoms with Crippen molar-refractivity contribution in [2.45, 2.75) is 13.0 Å². The van der Waals surface area contributed by atoms with E-state index in [2.05, 4.69) is 0 Å². The van der Waals surface area contributed by atoms with E-state index in [1.54, 1.807) is 0 Å². The van der Waals surface area contributed by atoms with Crippen LogP contribution in [0.15, 0.2) is 30.3 Å². The largest absolute Gasteiger partial charge is 0.318 e. The Morgan fingerprint density at radius 2 is 1.88 bits per heavy atom. The molecule has 1 saturated heterocycles. The van der Waals surface area contributed by atoms with Crippen molar-refractivity contribution in [3.05, 3.63) is 35.9 Å². The lowest BCUT2D eigenvalue weighted by molar-refractivity contribution is -0.128. The highest BCUT2D eigenvalue weighted by molar-refractivity contribution is 8.00. The fourth-order valence-electron chi connectivity index (χ4n) is 1.55. The number of hydrogen-bond donors (Lipinski definition) is 0. The SMILES string of the molecule is O=C1CCS(=O)C(=O)N1Cc1ccccc1. The Hall–Kier alpha value is -1.49. The van der Waals surface area contributed by atoms with Crippen molar-refractivity contribution in [2.24, 2.45) is 0 Å². The van der Waals surface area contributed by atoms with Crippen molar-refractivity contribution >= 4 is 21.9 Å². The molecular formula is C11H11NO3S. The van der Waals surface area contributed by atoms with Gasteiger partial charge in [0.05, 0.1) is 6.54 Å². The summed E-state index contributed by atoms with van der Waals surface area (Å²) >= 11 is 0. The number of carbonyl (C=O) groups excluding carboxylic acids is 2. The molecule has 0 N–H and O–H groups in total. The predicted octanol–water partition coefficient (Wildman–Crippen LogP) is 1.29. The summed E-state index contributed by atoms with van der Waals surface area (Å²) in [6.07, 6.45) is 0.186. The van der Waals surface area contributed by atoms with Crippen LogP contribution in [0.2, 0.25) is 0 Å². The zero-order chi connectivity index (χ0) is 11.5. The lowest BCUT2D eigenvalue weighted by Crippen LogP contribution is -2.43. The number of carbonyl (C=O) groups is 2. The molecule has 1 aromatic carbocycles. The highest BCUT2D eigenvalue weighted by Crippen LogP contribution is 2.13. The van der Waals surface area contributed by atoms with Crippen LogP contribution in [-0.4, -0.2) is 26.0 Å². The molecule has 2 rings (SSSR count). The number of hydrogen-bond acceptors (Lipinski definition) is 3. The minimum Gasteiger partial charge on any atom is -0.274 e. The average molecular weight is 237 g/mol. The van der Waals surface area contributed by atoms with Crippen molar-refractivity contribution in [2.75, 3.05) is 5.75 Å². The van der Waals surface area contributed by atoms with Gasteiger partial charge in [0.2, 0.25) is 5.91 Å². The third kappa shape index (κ3) is 2.19. The maximum Gasteiger partial charge on any atom is 0.318 e. The van der Waals surface area contributed by atoms with E-state index in [1.807, 2.05) is 30.3 Å². The summed E-state index contributed by atoms with van der Waals surface area (Å²) in [5.74, 6) is -0.0865. The molecule has 1 aliphatic rings. The molecule has 2 amide bonds. The second-order valence-corrected chi connectivity index (χ2v) is 4.98. The van der Waals surface area contributed by atoms with Crippen molar-refractivity contribution in [3.63, 3.8) is 0 Å². The summed E-state index contributed by atoms with van der Waals surface area (Å²) in [6, 6.07) is 9.20. The summed E-state index contributed by atoms with van der Waals surface area (Å²) < 4.78 is 11.3. The number of amides is 2. The van der Waals surface area contributed by atoms with Crippen LogP contribution in [0, 0.1) is 0 Å². The molecule has 4 nitrogen and oxygen atoms in total. The minimum absolute atomic E-state index is 0.156. The molecule has 0 radical (unpaired) electrons. The molecule has 0 aliphatic carbocycles. The van der Waals surface area contributed by atoms with Gasteiger partial charge in [0.1, 0.15) is 10.8 Å². The lowest BCUT2D eigenvalue weighted by Gasteiger charge is -2.23. The summed E-state index contributed by atoms with van der Waals surface area (Å²) in [7, 11) is -1.54. The van der Waals surface area contributed by atoms with Gasteiger partial charge >= 0.3 is 5.24 Å². The van der Waals surface area contributed by atoms with E-state index >= 15 is 0 Å². The maximum absolute atomic E-state index is 11.5. The molecule has 1 aliphatic heterocycles. The number of benzene rings is 1. The minimum atomic E-state index is -1.54. The Morgan fingerprint density at radius 3 is 2.56 bits per heavy atom. The predicted molar refractivity (Wildman–Crippen MR) is 60.0 cm³/mol. The van der Waals surface area contributed by atoms with Crippen LogP contribution in [0.1, 0.15) is 12.0 Å². The first-order chi connectivity index (χ1) is 7.68. The molecular weight excluding hydrogens is 226 g/mol. The van der Waals surface area contributed by atoms with Crippen LogP contribution < -0.4 is 0 Å². The topological polar surface area (TPSA) is 54.5 Å². The molecule has 1 aromatic rings. The fourth-order valence-corrected chi connectivity index (χ4v) is 2.49. The van der Waals surface area contributed by atoms with Gasteiger partial charge in [-0.2, -0.15) is 0 Å². The molecule has 84 valence electrons. The fraction of sp³-hybridized carbons (Fsp3) is 0.273. The van der Waals surface area contributed by atoms with Gasteiger partial charge in [-0.15, -0.1) is 0 Å². The molecule has 1 heterocycles. The molecule has 0 saturated carbocycles. The quantitative estimate of drug-likeness (QED) is 0.778. The standard InChI is InChI=1S/C11H11NO3S/c13-10-6-7-16(15)11(14)12(10)8-9-4-2-1-3-5-9/h1-5H,6-8H2. The van der Waals surface area contributed by atoms with Crippen LogP contribution in [0.25, 0.3) is 0 Å². The molecule has 1 atom stereocenters. The first kappa shape index (κ1) is 11.0. The molecule has 16 heavy (non-hydrogen) atoms. The Labute approximate surface area is 95.7 Å². The van der Waals surface area contributed by atoms with Gasteiger partial charge in [-0.05, 0) is 5.56 Å². The molecule has 0 aromatic heterocycles. The van der Waals surface area contributed by atoms with Gasteiger partial charge in [-0.3, -0.25) is 14.5 Å². The normalized spacial score (nSPS) is 21.2. The van der Waals surface area contributed by atoms with E-state index in [4.69, 9.17) is 0 Å². The van der Waals surface area contributed by atoms with Crippen molar-refractivity contribution in [1.82, 2.24) is 4.90 Å². The van der Waals surface area contributed by atoms with E-state index in [0.717, 1.165) is 10.5 Å². The summed E-state index contributed by atoms with van der Waals surface area (Å²) in [5.41, 5.74) is 0.864. The maximum atomic E-state index is 11.5. The third-order valence-electron chi connectivity index (χ3n) is 2.40. The Balaban J connectivity index is 2.16. The Bertz CT molecular complexity index is 444. The second kappa shape index (κ2) is 4.57. The van der Waals surface area contributed by atoms with Gasteiger partial charge < -0.3 is 0 Å². The molecule has 5 heteroatoms. The first-order valence-electron chi connectivity index (χ1n) is 4.95. The third-order valence-corrected chi connectivity index (χ3v) is 3.59. The lowest BCUT2D eigenvalue weighted by atomic mass is 10.2. The molecule has 1 fully saturated rings. The second-order valence-electron chi connectivity index (χ2n) is 3.53. The van der Waals surface area contributed by atoms with Crippen molar-refractivity contribution in [3.8, 4) is 0 Å². The smallest absolute Gasteiger partial charge is 0.274 e. The average Bonchev–Trinajstić information content (AvgIpc) is 2.31. The molecule has 1 unspecified atom stereocenters. The molecule has 0 spiro atoms. The van der Waals surface area contributed by atoms with Gasteiger partial charge in [0.15, 0.2) is 0 Å². The number of nitrogens with zero attached hydrogens (tertiary/aromatic N) is 1. The van der Waals surface area contributed by atoms with Gasteiger partial charge in [-0.25, -0.2) is 4.21 Å². The number of rotatable bonds is 2. The monoisotopic (exact) mass is 237 g/mol. The van der Waals surface area contributed by atoms with Gasteiger partial charge in [0, 0.05) is 12.2 Å². The Kier molecular flexibility index (Phi) is 3.14. The van der Waals surface area contributed by atoms with E-state index < -0.39 is 16.0 Å². The van der Waals surface area contributed by atoms with Crippen molar-refractivity contribution < 1.29 is 13.8 Å². The highest BCUT2D eigenvalue weighted by Gasteiger charge is 2.31. The highest BCUT2D eigenvalue weighted by atomic mass is 32.2. The summed E-state index contributed by atoms with van der Waals surface area (Å²) in [5, 5.41) is -0.569. The van der Waals surface area contributed by atoms with Crippen LogP contribution >= 0.6 is 0 Å². The van der Waals surface area contributed by atoms with Gasteiger partial charge in [-0.1, -0.05) is 30.3 Å². The van der Waals surface area contributed by atoms with Crippen LogP contribution in [-0.2, 0) is 22.1 Å². The van der Waals surface area contributed by atoms with E-state index in [1.165, 1.54) is 0 Å². The van der Waals surface area contributed by atoms with Crippen LogP contribution in [0.4, 0.5) is 4.79 Å². The first-order valence-corrected chi connectivity index (χ1v) is 6.27. The molecule has 0 bridgehead atoms. The van der Waals surface area contributed by atoms with Crippen LogP contribution in [0.5, 0.6) is 0 Å². The number of imide groups is 1. The van der Waals surface area contributed by atoms with E-state index in [9.17, 15) is 13.8 Å². The van der Waals surface area contributed by atoms with E-state index in [-0.39, 0.29) is 24.6 Å². The Morgan fingerprint density at radius 1 is 1.19 bits per heavy atom. The van der Waals surface area contributed by atoms with E-state index in [0.29, 0.717) is 0 Å². The van der Waals surface area contributed by atoms with Crippen molar-refractivity contribution in [1.29, 1.82) is 0 Å².